The third kappa shape index (κ3) is 4.33. The Kier molecular flexibility index (Phi) is 6.57. The molecule has 9 heteroatoms. The maximum Gasteiger partial charge on any atom is 0.221 e. The molecule has 0 spiro atoms. The van der Waals surface area contributed by atoms with E-state index in [1.54, 1.807) is 30.4 Å². The van der Waals surface area contributed by atoms with E-state index in [-0.39, 0.29) is 6.42 Å². The Morgan fingerprint density at radius 1 is 1.32 bits per heavy atom. The van der Waals surface area contributed by atoms with Crippen molar-refractivity contribution in [1.82, 2.24) is 4.98 Å². The summed E-state index contributed by atoms with van der Waals surface area (Å²) in [7, 11) is -4.09. The molecule has 1 aliphatic heterocycles. The quantitative estimate of drug-likeness (QED) is 0.551. The first-order chi connectivity index (χ1) is 14.8. The van der Waals surface area contributed by atoms with Crippen LogP contribution in [0.15, 0.2) is 53.0 Å². The molecule has 166 valence electrons. The number of primary sulfonamides is 1. The number of benzene rings is 1. The van der Waals surface area contributed by atoms with Gasteiger partial charge >= 0.3 is 0 Å². The topological polar surface area (TPSA) is 85.1 Å². The molecule has 0 bridgehead atoms. The van der Waals surface area contributed by atoms with Crippen LogP contribution in [0.4, 0.5) is 9.52 Å². The van der Waals surface area contributed by atoms with Gasteiger partial charge in [0.05, 0.1) is 5.69 Å². The average Bonchev–Trinajstić information content (AvgIpc) is 3.04. The first-order valence-electron chi connectivity index (χ1n) is 10.3. The number of nitrogens with two attached hydrogens (primary N) is 1. The van der Waals surface area contributed by atoms with Gasteiger partial charge in [0, 0.05) is 27.6 Å². The Morgan fingerprint density at radius 3 is 2.90 bits per heavy atom. The molecule has 0 radical (unpaired) electrons. The minimum absolute atomic E-state index is 0.153. The van der Waals surface area contributed by atoms with Crippen LogP contribution in [0, 0.1) is 0 Å². The summed E-state index contributed by atoms with van der Waals surface area (Å²) < 4.78 is 37.6. The second-order valence-corrected chi connectivity index (χ2v) is 11.9. The molecule has 1 aromatic heterocycles. The highest BCUT2D eigenvalue weighted by Crippen LogP contribution is 2.41. The van der Waals surface area contributed by atoms with Gasteiger partial charge in [-0.15, -0.1) is 23.1 Å². The fraction of sp³-hybridized carbons (Fsp3) is 0.409. The summed E-state index contributed by atoms with van der Waals surface area (Å²) in [5.41, 5.74) is 2.69. The first-order valence-corrected chi connectivity index (χ1v) is 13.7. The van der Waals surface area contributed by atoms with Gasteiger partial charge in [0.1, 0.15) is 10.9 Å². The number of rotatable bonds is 7. The molecule has 2 heterocycles. The van der Waals surface area contributed by atoms with Crippen LogP contribution in [0.5, 0.6) is 0 Å². The number of sulfonamides is 1. The molecule has 0 fully saturated rings. The van der Waals surface area contributed by atoms with E-state index < -0.39 is 20.9 Å². The van der Waals surface area contributed by atoms with Gasteiger partial charge in [-0.2, -0.15) is 0 Å². The Hall–Kier alpha value is -1.68. The van der Waals surface area contributed by atoms with E-state index in [4.69, 9.17) is 10.1 Å². The molecule has 3 N–H and O–H groups in total. The number of allylic oxidation sites excluding steroid dienone is 3. The predicted molar refractivity (Wildman–Crippen MR) is 128 cm³/mol. The van der Waals surface area contributed by atoms with Crippen LogP contribution in [0.3, 0.4) is 0 Å². The zero-order valence-electron chi connectivity index (χ0n) is 17.3. The summed E-state index contributed by atoms with van der Waals surface area (Å²) in [6.45, 7) is 2.27. The first kappa shape index (κ1) is 22.5. The molecule has 1 aliphatic carbocycles. The number of nitrogens with zero attached hydrogens (tertiary/aromatic N) is 1. The minimum atomic E-state index is -4.09. The number of hydrogen-bond acceptors (Lipinski definition) is 6. The standard InChI is InChI=1S/C22H26FN3O2S3/c1-15-7-6-10-19(23)22(15,31(24,27)28)12-4-5-13-25-21-26-20-16-8-2-3-9-17(16)29-14-11-18(20)30-21/h2-3,6-10,19H,4-5,11-14H2,1H3,(H,25,26)(H2,24,27,28). The molecular weight excluding hydrogens is 453 g/mol. The summed E-state index contributed by atoms with van der Waals surface area (Å²) in [6.07, 6.45) is 5.20. The number of hydrogen-bond donors (Lipinski definition) is 2. The van der Waals surface area contributed by atoms with Crippen molar-refractivity contribution < 1.29 is 12.8 Å². The maximum atomic E-state index is 14.7. The molecule has 4 rings (SSSR count). The van der Waals surface area contributed by atoms with E-state index in [1.165, 1.54) is 21.4 Å². The lowest BCUT2D eigenvalue weighted by atomic mass is 9.85. The fourth-order valence-electron chi connectivity index (χ4n) is 4.23. The van der Waals surface area contributed by atoms with E-state index in [9.17, 15) is 12.8 Å². The van der Waals surface area contributed by atoms with Crippen LogP contribution in [-0.2, 0) is 16.4 Å². The van der Waals surface area contributed by atoms with Crippen molar-refractivity contribution in [2.75, 3.05) is 17.6 Å². The molecule has 0 saturated heterocycles. The van der Waals surface area contributed by atoms with Gasteiger partial charge in [0.15, 0.2) is 5.13 Å². The van der Waals surface area contributed by atoms with Crippen LogP contribution in [0.1, 0.15) is 31.1 Å². The van der Waals surface area contributed by atoms with Gasteiger partial charge in [-0.05, 0) is 50.3 Å². The molecule has 2 aromatic rings. The molecule has 0 amide bonds. The van der Waals surface area contributed by atoms with E-state index in [0.717, 1.165) is 23.0 Å². The summed E-state index contributed by atoms with van der Waals surface area (Å²) in [4.78, 5) is 7.36. The number of aryl methyl sites for hydroxylation is 1. The Morgan fingerprint density at radius 2 is 2.13 bits per heavy atom. The summed E-state index contributed by atoms with van der Waals surface area (Å²) in [5.74, 6) is 1.03. The molecule has 2 atom stereocenters. The van der Waals surface area contributed by atoms with Crippen molar-refractivity contribution in [3.8, 4) is 11.3 Å². The molecule has 5 nitrogen and oxygen atoms in total. The van der Waals surface area contributed by atoms with Crippen LogP contribution in [0.25, 0.3) is 11.3 Å². The summed E-state index contributed by atoms with van der Waals surface area (Å²) >= 11 is 3.54. The second kappa shape index (κ2) is 9.05. The van der Waals surface area contributed by atoms with E-state index >= 15 is 0 Å². The predicted octanol–water partition coefficient (Wildman–Crippen LogP) is 4.92. The van der Waals surface area contributed by atoms with Gasteiger partial charge in [-0.25, -0.2) is 22.9 Å². The normalized spacial score (nSPS) is 22.9. The molecular formula is C22H26FN3O2S3. The van der Waals surface area contributed by atoms with Crippen molar-refractivity contribution in [2.45, 2.75) is 48.4 Å². The lowest BCUT2D eigenvalue weighted by Gasteiger charge is -2.36. The average molecular weight is 480 g/mol. The Balaban J connectivity index is 1.38. The summed E-state index contributed by atoms with van der Waals surface area (Å²) in [5, 5.41) is 9.70. The van der Waals surface area contributed by atoms with Gasteiger partial charge in [0.25, 0.3) is 0 Å². The molecule has 1 aromatic carbocycles. The number of halogens is 1. The monoisotopic (exact) mass is 479 g/mol. The number of aromatic nitrogens is 1. The van der Waals surface area contributed by atoms with Crippen molar-refractivity contribution in [1.29, 1.82) is 0 Å². The van der Waals surface area contributed by atoms with Crippen molar-refractivity contribution in [2.24, 2.45) is 5.14 Å². The SMILES string of the molecule is CC1=CC=CC(F)C1(CCCCNc1nc2c(s1)CCSc1ccccc1-2)S(N)(=O)=O. The van der Waals surface area contributed by atoms with Gasteiger partial charge in [-0.3, -0.25) is 0 Å². The molecule has 2 aliphatic rings. The zero-order chi connectivity index (χ0) is 22.1. The third-order valence-corrected chi connectivity index (χ3v) is 9.84. The summed E-state index contributed by atoms with van der Waals surface area (Å²) in [6, 6.07) is 8.34. The molecule has 0 saturated carbocycles. The van der Waals surface area contributed by atoms with Crippen molar-refractivity contribution in [3.63, 3.8) is 0 Å². The number of thiazole rings is 1. The van der Waals surface area contributed by atoms with Crippen LogP contribution >= 0.6 is 23.1 Å². The number of fused-ring (bicyclic) bond motifs is 3. The highest BCUT2D eigenvalue weighted by molar-refractivity contribution is 7.99. The zero-order valence-corrected chi connectivity index (χ0v) is 19.8. The molecule has 2 unspecified atom stereocenters. The van der Waals surface area contributed by atoms with Crippen LogP contribution < -0.4 is 10.5 Å². The lowest BCUT2D eigenvalue weighted by molar-refractivity contribution is 0.304. The second-order valence-electron chi connectivity index (χ2n) is 7.84. The van der Waals surface area contributed by atoms with Crippen LogP contribution in [-0.4, -0.2) is 36.6 Å². The van der Waals surface area contributed by atoms with E-state index in [2.05, 4.69) is 23.5 Å². The number of alkyl halides is 1. The van der Waals surface area contributed by atoms with Gasteiger partial charge < -0.3 is 5.32 Å². The van der Waals surface area contributed by atoms with Gasteiger partial charge in [-0.1, -0.05) is 30.4 Å². The fourth-order valence-corrected chi connectivity index (χ4v) is 7.72. The number of anilines is 1. The highest BCUT2D eigenvalue weighted by Gasteiger charge is 2.50. The van der Waals surface area contributed by atoms with Crippen LogP contribution in [0.2, 0.25) is 0 Å². The lowest BCUT2D eigenvalue weighted by Crippen LogP contribution is -2.52. The van der Waals surface area contributed by atoms with Crippen molar-refractivity contribution >= 4 is 38.3 Å². The van der Waals surface area contributed by atoms with Gasteiger partial charge in [0.2, 0.25) is 10.0 Å². The maximum absolute atomic E-state index is 14.7. The van der Waals surface area contributed by atoms with E-state index in [0.29, 0.717) is 25.0 Å². The Bertz CT molecular complexity index is 1130. The molecule has 31 heavy (non-hydrogen) atoms. The largest absolute Gasteiger partial charge is 0.361 e. The minimum Gasteiger partial charge on any atom is -0.361 e. The smallest absolute Gasteiger partial charge is 0.221 e. The van der Waals surface area contributed by atoms with E-state index in [1.807, 2.05) is 17.8 Å². The highest BCUT2D eigenvalue weighted by atomic mass is 32.2. The Labute approximate surface area is 191 Å². The number of nitrogens with one attached hydrogen (secondary N) is 1. The number of unbranched alkanes of at least 4 members (excludes halogenated alkanes) is 1. The third-order valence-electron chi connectivity index (χ3n) is 5.92. The number of thioether (sulfide) groups is 1. The van der Waals surface area contributed by atoms with Crippen molar-refractivity contribution in [3.05, 3.63) is 52.9 Å².